The Morgan fingerprint density at radius 2 is 2.00 bits per heavy atom. The molecule has 2 aromatic carbocycles. The van der Waals surface area contributed by atoms with E-state index in [0.717, 1.165) is 16.9 Å². The van der Waals surface area contributed by atoms with Crippen molar-refractivity contribution in [3.05, 3.63) is 84.2 Å². The van der Waals surface area contributed by atoms with Crippen LogP contribution in [0.25, 0.3) is 0 Å². The highest BCUT2D eigenvalue weighted by Crippen LogP contribution is 2.26. The van der Waals surface area contributed by atoms with Gasteiger partial charge in [-0.3, -0.25) is 4.79 Å². The van der Waals surface area contributed by atoms with E-state index in [2.05, 4.69) is 4.98 Å². The first kappa shape index (κ1) is 17.3. The molecule has 0 fully saturated rings. The fourth-order valence-electron chi connectivity index (χ4n) is 3.32. The number of benzene rings is 2. The van der Waals surface area contributed by atoms with Gasteiger partial charge in [0.05, 0.1) is 18.8 Å². The number of imidazole rings is 1. The molecule has 5 nitrogen and oxygen atoms in total. The van der Waals surface area contributed by atoms with Gasteiger partial charge in [-0.15, -0.1) is 0 Å². The van der Waals surface area contributed by atoms with Gasteiger partial charge in [0.1, 0.15) is 18.2 Å². The van der Waals surface area contributed by atoms with Crippen molar-refractivity contribution in [2.24, 2.45) is 0 Å². The summed E-state index contributed by atoms with van der Waals surface area (Å²) in [5, 5.41) is 0. The zero-order valence-electron chi connectivity index (χ0n) is 14.8. The van der Waals surface area contributed by atoms with E-state index in [-0.39, 0.29) is 24.2 Å². The van der Waals surface area contributed by atoms with E-state index < -0.39 is 0 Å². The predicted molar refractivity (Wildman–Crippen MR) is 98.6 cm³/mol. The Morgan fingerprint density at radius 1 is 1.19 bits per heavy atom. The van der Waals surface area contributed by atoms with Crippen LogP contribution in [0.4, 0.5) is 4.39 Å². The first-order valence-corrected chi connectivity index (χ1v) is 8.89. The van der Waals surface area contributed by atoms with Gasteiger partial charge in [-0.1, -0.05) is 30.3 Å². The van der Waals surface area contributed by atoms with Crippen molar-refractivity contribution >= 4 is 5.91 Å². The number of para-hydroxylation sites is 1. The average Bonchev–Trinajstić information content (AvgIpc) is 3.12. The quantitative estimate of drug-likeness (QED) is 0.714. The standard InChI is InChI=1S/C21H20FN3O2/c22-18-7-5-16(6-8-18)11-21(26)25-12-17-3-1-2-4-20(17)27-14-19(25)13-24-10-9-23-15-24/h1-10,15,19H,11-14H2. The van der Waals surface area contributed by atoms with Gasteiger partial charge in [0, 0.05) is 31.0 Å². The van der Waals surface area contributed by atoms with Crippen molar-refractivity contribution in [2.75, 3.05) is 6.61 Å². The number of fused-ring (bicyclic) bond motifs is 1. The van der Waals surface area contributed by atoms with Gasteiger partial charge >= 0.3 is 0 Å². The van der Waals surface area contributed by atoms with Crippen LogP contribution in [0, 0.1) is 5.82 Å². The fourth-order valence-corrected chi connectivity index (χ4v) is 3.32. The SMILES string of the molecule is O=C(Cc1ccc(F)cc1)N1Cc2ccccc2OCC1Cn1ccnc1. The topological polar surface area (TPSA) is 47.4 Å². The van der Waals surface area contributed by atoms with E-state index in [1.165, 1.54) is 12.1 Å². The van der Waals surface area contributed by atoms with Crippen LogP contribution in [-0.4, -0.2) is 33.0 Å². The zero-order valence-corrected chi connectivity index (χ0v) is 14.8. The summed E-state index contributed by atoms with van der Waals surface area (Å²) in [7, 11) is 0. The largest absolute Gasteiger partial charge is 0.491 e. The minimum Gasteiger partial charge on any atom is -0.491 e. The first-order valence-electron chi connectivity index (χ1n) is 8.89. The highest BCUT2D eigenvalue weighted by atomic mass is 19.1. The average molecular weight is 365 g/mol. The lowest BCUT2D eigenvalue weighted by Gasteiger charge is -2.29. The van der Waals surface area contributed by atoms with Gasteiger partial charge in [0.25, 0.3) is 0 Å². The normalized spacial score (nSPS) is 16.3. The van der Waals surface area contributed by atoms with E-state index in [4.69, 9.17) is 4.74 Å². The van der Waals surface area contributed by atoms with Gasteiger partial charge in [-0.25, -0.2) is 9.37 Å². The molecule has 3 aromatic rings. The number of amides is 1. The lowest BCUT2D eigenvalue weighted by Crippen LogP contribution is -2.44. The molecule has 1 aliphatic heterocycles. The van der Waals surface area contributed by atoms with Crippen molar-refractivity contribution in [3.8, 4) is 5.75 Å². The van der Waals surface area contributed by atoms with E-state index in [1.54, 1.807) is 24.7 Å². The lowest BCUT2D eigenvalue weighted by molar-refractivity contribution is -0.134. The number of carbonyl (C=O) groups is 1. The Hall–Kier alpha value is -3.15. The second-order valence-corrected chi connectivity index (χ2v) is 6.66. The van der Waals surface area contributed by atoms with Crippen molar-refractivity contribution in [1.82, 2.24) is 14.5 Å². The van der Waals surface area contributed by atoms with Crippen LogP contribution < -0.4 is 4.74 Å². The van der Waals surface area contributed by atoms with Crippen LogP contribution in [0.5, 0.6) is 5.75 Å². The number of ether oxygens (including phenoxy) is 1. The molecule has 1 atom stereocenters. The number of hydrogen-bond donors (Lipinski definition) is 0. The second kappa shape index (κ2) is 7.61. The fraction of sp³-hybridized carbons (Fsp3) is 0.238. The molecule has 1 amide bonds. The smallest absolute Gasteiger partial charge is 0.227 e. The van der Waals surface area contributed by atoms with Crippen molar-refractivity contribution in [3.63, 3.8) is 0 Å². The molecule has 0 radical (unpaired) electrons. The molecular formula is C21H20FN3O2. The summed E-state index contributed by atoms with van der Waals surface area (Å²) in [6.45, 7) is 1.49. The summed E-state index contributed by atoms with van der Waals surface area (Å²) < 4.78 is 21.1. The Kier molecular flexibility index (Phi) is 4.87. The molecule has 1 unspecified atom stereocenters. The molecule has 0 saturated heterocycles. The predicted octanol–water partition coefficient (Wildman–Crippen LogP) is 3.05. The summed E-state index contributed by atoms with van der Waals surface area (Å²) in [5.41, 5.74) is 1.78. The molecule has 27 heavy (non-hydrogen) atoms. The Labute approximate surface area is 157 Å². The van der Waals surface area contributed by atoms with Gasteiger partial charge in [0.15, 0.2) is 0 Å². The molecule has 0 spiro atoms. The van der Waals surface area contributed by atoms with Crippen molar-refractivity contribution < 1.29 is 13.9 Å². The number of halogens is 1. The summed E-state index contributed by atoms with van der Waals surface area (Å²) in [6, 6.07) is 13.7. The van der Waals surface area contributed by atoms with E-state index in [0.29, 0.717) is 19.7 Å². The minimum absolute atomic E-state index is 0.00738. The number of nitrogens with zero attached hydrogens (tertiary/aromatic N) is 3. The molecule has 0 saturated carbocycles. The van der Waals surface area contributed by atoms with Crippen LogP contribution in [0.15, 0.2) is 67.3 Å². The number of carbonyl (C=O) groups excluding carboxylic acids is 1. The number of aromatic nitrogens is 2. The van der Waals surface area contributed by atoms with Crippen LogP contribution in [0.3, 0.4) is 0 Å². The summed E-state index contributed by atoms with van der Waals surface area (Å²) in [6.07, 6.45) is 5.56. The van der Waals surface area contributed by atoms with Crippen LogP contribution in [0.2, 0.25) is 0 Å². The molecule has 0 aliphatic carbocycles. The molecule has 0 bridgehead atoms. The molecule has 0 N–H and O–H groups in total. The Morgan fingerprint density at radius 3 is 2.78 bits per heavy atom. The van der Waals surface area contributed by atoms with E-state index in [9.17, 15) is 9.18 Å². The Balaban J connectivity index is 1.59. The number of hydrogen-bond acceptors (Lipinski definition) is 3. The highest BCUT2D eigenvalue weighted by Gasteiger charge is 2.28. The van der Waals surface area contributed by atoms with E-state index >= 15 is 0 Å². The molecule has 1 aliphatic rings. The maximum absolute atomic E-state index is 13.2. The molecular weight excluding hydrogens is 345 g/mol. The van der Waals surface area contributed by atoms with Gasteiger partial charge in [-0.05, 0) is 23.8 Å². The molecule has 138 valence electrons. The Bertz CT molecular complexity index is 909. The summed E-state index contributed by atoms with van der Waals surface area (Å²) in [5.74, 6) is 0.499. The third-order valence-electron chi connectivity index (χ3n) is 4.76. The van der Waals surface area contributed by atoms with Crippen molar-refractivity contribution in [1.29, 1.82) is 0 Å². The summed E-state index contributed by atoms with van der Waals surface area (Å²) in [4.78, 5) is 19.0. The van der Waals surface area contributed by atoms with Crippen LogP contribution in [-0.2, 0) is 24.3 Å². The summed E-state index contributed by atoms with van der Waals surface area (Å²) >= 11 is 0. The van der Waals surface area contributed by atoms with Crippen LogP contribution >= 0.6 is 0 Å². The zero-order chi connectivity index (χ0) is 18.6. The third kappa shape index (κ3) is 4.00. The minimum atomic E-state index is -0.304. The van der Waals surface area contributed by atoms with Crippen molar-refractivity contribution in [2.45, 2.75) is 25.6 Å². The lowest BCUT2D eigenvalue weighted by atomic mass is 10.1. The molecule has 4 rings (SSSR count). The van der Waals surface area contributed by atoms with Gasteiger partial charge in [0.2, 0.25) is 5.91 Å². The third-order valence-corrected chi connectivity index (χ3v) is 4.76. The molecule has 6 heteroatoms. The van der Waals surface area contributed by atoms with Crippen LogP contribution in [0.1, 0.15) is 11.1 Å². The van der Waals surface area contributed by atoms with Gasteiger partial charge < -0.3 is 14.2 Å². The maximum atomic E-state index is 13.2. The monoisotopic (exact) mass is 365 g/mol. The maximum Gasteiger partial charge on any atom is 0.227 e. The van der Waals surface area contributed by atoms with E-state index in [1.807, 2.05) is 39.9 Å². The number of rotatable bonds is 4. The molecule has 2 heterocycles. The first-order chi connectivity index (χ1) is 13.2. The van der Waals surface area contributed by atoms with Gasteiger partial charge in [-0.2, -0.15) is 0 Å². The second-order valence-electron chi connectivity index (χ2n) is 6.66. The highest BCUT2D eigenvalue weighted by molar-refractivity contribution is 5.79. The molecule has 1 aromatic heterocycles.